The van der Waals surface area contributed by atoms with E-state index in [0.717, 1.165) is 33.2 Å². The van der Waals surface area contributed by atoms with Crippen molar-refractivity contribution in [2.75, 3.05) is 0 Å². The van der Waals surface area contributed by atoms with E-state index in [1.165, 1.54) is 0 Å². The lowest BCUT2D eigenvalue weighted by molar-refractivity contribution is 0.0473. The van der Waals surface area contributed by atoms with Crippen molar-refractivity contribution in [3.63, 3.8) is 0 Å². The Morgan fingerprint density at radius 2 is 1.89 bits per heavy atom. The van der Waals surface area contributed by atoms with E-state index in [-0.39, 0.29) is 12.6 Å². The van der Waals surface area contributed by atoms with Gasteiger partial charge in [-0.15, -0.1) is 0 Å². The Balaban J connectivity index is 1.73. The Morgan fingerprint density at radius 1 is 1.07 bits per heavy atom. The quantitative estimate of drug-likeness (QED) is 0.488. The molecule has 0 radical (unpaired) electrons. The number of hydrogen-bond donors (Lipinski definition) is 0. The summed E-state index contributed by atoms with van der Waals surface area (Å²) in [4.78, 5) is 17.1. The average Bonchev–Trinajstić information content (AvgIpc) is 3.04. The zero-order valence-corrected chi connectivity index (χ0v) is 15.3. The van der Waals surface area contributed by atoms with Gasteiger partial charge in [0.05, 0.1) is 11.1 Å². The van der Waals surface area contributed by atoms with Crippen LogP contribution in [-0.4, -0.2) is 15.5 Å². The second-order valence-corrected chi connectivity index (χ2v) is 6.66. The first kappa shape index (κ1) is 17.0. The number of hydrogen-bond acceptors (Lipinski definition) is 3. The van der Waals surface area contributed by atoms with Crippen molar-refractivity contribution < 1.29 is 9.53 Å². The van der Waals surface area contributed by atoms with Gasteiger partial charge >= 0.3 is 5.97 Å². The van der Waals surface area contributed by atoms with Crippen LogP contribution in [0, 0.1) is 6.92 Å². The number of benzene rings is 2. The molecule has 0 atom stereocenters. The van der Waals surface area contributed by atoms with Gasteiger partial charge in [0.1, 0.15) is 6.61 Å². The molecule has 0 aliphatic carbocycles. The third-order valence-electron chi connectivity index (χ3n) is 4.69. The van der Waals surface area contributed by atoms with Crippen LogP contribution in [0.15, 0.2) is 73.2 Å². The fraction of sp³-hybridized carbons (Fsp3) is 0.130. The lowest BCUT2D eigenvalue weighted by Gasteiger charge is -2.11. The summed E-state index contributed by atoms with van der Waals surface area (Å²) in [7, 11) is 1.99. The Labute approximate surface area is 158 Å². The molecule has 2 aromatic heterocycles. The molecule has 4 heteroatoms. The molecule has 0 spiro atoms. The van der Waals surface area contributed by atoms with Gasteiger partial charge in [-0.25, -0.2) is 4.79 Å². The number of fused-ring (bicyclic) bond motifs is 1. The minimum atomic E-state index is -0.321. The molecule has 0 aliphatic rings. The van der Waals surface area contributed by atoms with Crippen molar-refractivity contribution in [2.45, 2.75) is 13.5 Å². The second-order valence-electron chi connectivity index (χ2n) is 6.66. The van der Waals surface area contributed by atoms with E-state index in [4.69, 9.17) is 4.74 Å². The van der Waals surface area contributed by atoms with Crippen molar-refractivity contribution in [2.24, 2.45) is 7.05 Å². The second kappa shape index (κ2) is 7.08. The van der Waals surface area contributed by atoms with Gasteiger partial charge in [-0.05, 0) is 30.2 Å². The number of carbonyl (C=O) groups excluding carboxylic acids is 1. The molecule has 0 saturated heterocycles. The first-order valence-electron chi connectivity index (χ1n) is 8.84. The topological polar surface area (TPSA) is 44.1 Å². The van der Waals surface area contributed by atoms with Gasteiger partial charge in [0.25, 0.3) is 0 Å². The van der Waals surface area contributed by atoms with Gasteiger partial charge < -0.3 is 9.30 Å². The van der Waals surface area contributed by atoms with Gasteiger partial charge in [0.15, 0.2) is 0 Å². The normalized spacial score (nSPS) is 10.9. The minimum absolute atomic E-state index is 0.254. The maximum atomic E-state index is 12.9. The molecule has 27 heavy (non-hydrogen) atoms. The first-order chi connectivity index (χ1) is 13.1. The number of rotatable bonds is 4. The zero-order chi connectivity index (χ0) is 18.8. The molecule has 0 bridgehead atoms. The van der Waals surface area contributed by atoms with Gasteiger partial charge in [-0.3, -0.25) is 4.98 Å². The Hall–Kier alpha value is -3.40. The van der Waals surface area contributed by atoms with Crippen molar-refractivity contribution in [3.05, 3.63) is 89.9 Å². The van der Waals surface area contributed by atoms with Gasteiger partial charge in [-0.1, -0.05) is 48.0 Å². The molecule has 2 aromatic carbocycles. The first-order valence-corrected chi connectivity index (χ1v) is 8.84. The third-order valence-corrected chi connectivity index (χ3v) is 4.69. The number of aromatic nitrogens is 2. The molecule has 4 rings (SSSR count). The number of carbonyl (C=O) groups is 1. The molecule has 0 saturated carbocycles. The number of ether oxygens (including phenoxy) is 1. The minimum Gasteiger partial charge on any atom is -0.457 e. The fourth-order valence-corrected chi connectivity index (χ4v) is 3.31. The van der Waals surface area contributed by atoms with E-state index in [2.05, 4.69) is 4.98 Å². The summed E-state index contributed by atoms with van der Waals surface area (Å²) in [5.41, 5.74) is 5.47. The van der Waals surface area contributed by atoms with Crippen molar-refractivity contribution in [1.29, 1.82) is 0 Å². The number of nitrogens with zero attached hydrogens (tertiary/aromatic N) is 2. The molecule has 134 valence electrons. The van der Waals surface area contributed by atoms with Gasteiger partial charge in [-0.2, -0.15) is 0 Å². The van der Waals surface area contributed by atoms with Crippen molar-refractivity contribution in [3.8, 4) is 11.1 Å². The lowest BCUT2D eigenvalue weighted by atomic mass is 9.98. The molecule has 0 N–H and O–H groups in total. The lowest BCUT2D eigenvalue weighted by Crippen LogP contribution is -2.07. The molecular formula is C23H20N2O2. The SMILES string of the molecule is Cc1ccc(-c2cn(C)c3ccncc23)c(C(=O)OCc2ccccc2)c1. The van der Waals surface area contributed by atoms with E-state index in [1.54, 1.807) is 6.20 Å². The summed E-state index contributed by atoms with van der Waals surface area (Å²) in [5, 5.41) is 1.01. The highest BCUT2D eigenvalue weighted by molar-refractivity contribution is 6.03. The number of aryl methyl sites for hydroxylation is 2. The molecular weight excluding hydrogens is 336 g/mol. The van der Waals surface area contributed by atoms with Crippen LogP contribution in [0.25, 0.3) is 22.0 Å². The standard InChI is InChI=1S/C23H20N2O2/c1-16-8-9-18(21-14-25(2)22-10-11-24-13-20(21)22)19(12-16)23(26)27-15-17-6-4-3-5-7-17/h3-14H,15H2,1-2H3. The predicted molar refractivity (Wildman–Crippen MR) is 106 cm³/mol. The largest absolute Gasteiger partial charge is 0.457 e. The number of pyridine rings is 1. The summed E-state index contributed by atoms with van der Waals surface area (Å²) in [6.45, 7) is 2.23. The van der Waals surface area contributed by atoms with Crippen LogP contribution in [-0.2, 0) is 18.4 Å². The fourth-order valence-electron chi connectivity index (χ4n) is 3.31. The molecule has 0 fully saturated rings. The summed E-state index contributed by atoms with van der Waals surface area (Å²) in [5.74, 6) is -0.321. The summed E-state index contributed by atoms with van der Waals surface area (Å²) in [6, 6.07) is 17.6. The average molecular weight is 356 g/mol. The molecule has 0 aliphatic heterocycles. The summed E-state index contributed by atoms with van der Waals surface area (Å²) in [6.07, 6.45) is 5.64. The van der Waals surface area contributed by atoms with Crippen LogP contribution in [0.5, 0.6) is 0 Å². The molecule has 0 amide bonds. The molecule has 4 aromatic rings. The molecule has 4 nitrogen and oxygen atoms in total. The molecule has 2 heterocycles. The van der Waals surface area contributed by atoms with Crippen molar-refractivity contribution in [1.82, 2.24) is 9.55 Å². The highest BCUT2D eigenvalue weighted by Gasteiger charge is 2.18. The Bertz CT molecular complexity index is 1110. The van der Waals surface area contributed by atoms with Crippen LogP contribution in [0.1, 0.15) is 21.5 Å². The Kier molecular flexibility index (Phi) is 4.47. The van der Waals surface area contributed by atoms with E-state index in [0.29, 0.717) is 5.56 Å². The highest BCUT2D eigenvalue weighted by Crippen LogP contribution is 2.33. The highest BCUT2D eigenvalue weighted by atomic mass is 16.5. The van der Waals surface area contributed by atoms with E-state index in [1.807, 2.05) is 85.5 Å². The maximum Gasteiger partial charge on any atom is 0.339 e. The van der Waals surface area contributed by atoms with E-state index < -0.39 is 0 Å². The van der Waals surface area contributed by atoms with E-state index >= 15 is 0 Å². The monoisotopic (exact) mass is 356 g/mol. The van der Waals surface area contributed by atoms with Crippen LogP contribution < -0.4 is 0 Å². The maximum absolute atomic E-state index is 12.9. The van der Waals surface area contributed by atoms with Crippen LogP contribution in [0.4, 0.5) is 0 Å². The third kappa shape index (κ3) is 3.34. The Morgan fingerprint density at radius 3 is 2.70 bits per heavy atom. The van der Waals surface area contributed by atoms with Gasteiger partial charge in [0, 0.05) is 36.6 Å². The van der Waals surface area contributed by atoms with Crippen LogP contribution in [0.2, 0.25) is 0 Å². The van der Waals surface area contributed by atoms with Gasteiger partial charge in [0.2, 0.25) is 0 Å². The zero-order valence-electron chi connectivity index (χ0n) is 15.3. The van der Waals surface area contributed by atoms with E-state index in [9.17, 15) is 4.79 Å². The molecule has 0 unspecified atom stereocenters. The summed E-state index contributed by atoms with van der Waals surface area (Å²) >= 11 is 0. The predicted octanol–water partition coefficient (Wildman–Crippen LogP) is 4.91. The van der Waals surface area contributed by atoms with Crippen LogP contribution >= 0.6 is 0 Å². The smallest absolute Gasteiger partial charge is 0.339 e. The van der Waals surface area contributed by atoms with Crippen LogP contribution in [0.3, 0.4) is 0 Å². The van der Waals surface area contributed by atoms with Crippen molar-refractivity contribution >= 4 is 16.9 Å². The number of esters is 1. The summed E-state index contributed by atoms with van der Waals surface area (Å²) < 4.78 is 7.64.